The van der Waals surface area contributed by atoms with Crippen LogP contribution in [0.2, 0.25) is 0 Å². The van der Waals surface area contributed by atoms with Crippen molar-refractivity contribution in [3.8, 4) is 6.07 Å². The van der Waals surface area contributed by atoms with Crippen molar-refractivity contribution in [2.45, 2.75) is 19.3 Å². The van der Waals surface area contributed by atoms with Gasteiger partial charge in [0.15, 0.2) is 0 Å². The van der Waals surface area contributed by atoms with Gasteiger partial charge in [-0.1, -0.05) is 37.3 Å². The third-order valence-corrected chi connectivity index (χ3v) is 2.52. The third kappa shape index (κ3) is 2.57. The van der Waals surface area contributed by atoms with Crippen LogP contribution in [0.25, 0.3) is 0 Å². The summed E-state index contributed by atoms with van der Waals surface area (Å²) in [4.78, 5) is 11.1. The Kier molecular flexibility index (Phi) is 3.87. The molecule has 0 spiro atoms. The number of carbonyl (C=O) groups is 1. The van der Waals surface area contributed by atoms with Crippen molar-refractivity contribution in [1.82, 2.24) is 0 Å². The Bertz CT molecular complexity index is 367. The number of rotatable bonds is 4. The third-order valence-electron chi connectivity index (χ3n) is 2.52. The summed E-state index contributed by atoms with van der Waals surface area (Å²) < 4.78 is 0. The number of benzene rings is 1. The highest BCUT2D eigenvalue weighted by molar-refractivity contribution is 5.80. The fourth-order valence-corrected chi connectivity index (χ4v) is 1.72. The van der Waals surface area contributed by atoms with E-state index in [1.165, 1.54) is 0 Å². The molecule has 3 nitrogen and oxygen atoms in total. The molecular formula is C12H14N2O. The van der Waals surface area contributed by atoms with Crippen molar-refractivity contribution >= 4 is 5.91 Å². The number of nitrogens with zero attached hydrogens (tertiary/aromatic N) is 1. The predicted octanol–water partition coefficient (Wildman–Crippen LogP) is 1.81. The van der Waals surface area contributed by atoms with E-state index in [4.69, 9.17) is 11.0 Å². The minimum Gasteiger partial charge on any atom is -0.369 e. The van der Waals surface area contributed by atoms with Crippen molar-refractivity contribution in [1.29, 1.82) is 5.26 Å². The Morgan fingerprint density at radius 2 is 2.07 bits per heavy atom. The average molecular weight is 202 g/mol. The predicted molar refractivity (Wildman–Crippen MR) is 57.8 cm³/mol. The molecule has 1 aromatic rings. The summed E-state index contributed by atoms with van der Waals surface area (Å²) in [5, 5.41) is 8.91. The molecule has 1 aromatic carbocycles. The molecule has 0 aromatic heterocycles. The van der Waals surface area contributed by atoms with Crippen molar-refractivity contribution in [2.24, 2.45) is 11.7 Å². The molecule has 0 aliphatic carbocycles. The van der Waals surface area contributed by atoms with Crippen LogP contribution in [-0.4, -0.2) is 5.91 Å². The highest BCUT2D eigenvalue weighted by Gasteiger charge is 2.25. The first-order valence-electron chi connectivity index (χ1n) is 4.94. The van der Waals surface area contributed by atoms with Crippen LogP contribution in [0.4, 0.5) is 0 Å². The molecule has 0 heterocycles. The zero-order chi connectivity index (χ0) is 11.3. The fraction of sp³-hybridized carbons (Fsp3) is 0.333. The average Bonchev–Trinajstić information content (AvgIpc) is 2.26. The first-order valence-corrected chi connectivity index (χ1v) is 4.94. The van der Waals surface area contributed by atoms with Crippen LogP contribution in [0.5, 0.6) is 0 Å². The lowest BCUT2D eigenvalue weighted by atomic mass is 9.84. The Morgan fingerprint density at radius 1 is 1.47 bits per heavy atom. The first-order chi connectivity index (χ1) is 7.20. The smallest absolute Gasteiger partial charge is 0.235 e. The van der Waals surface area contributed by atoms with Crippen LogP contribution in [0.3, 0.4) is 0 Å². The van der Waals surface area contributed by atoms with Gasteiger partial charge in [-0.15, -0.1) is 0 Å². The molecule has 1 rings (SSSR count). The Balaban J connectivity index is 2.99. The first kappa shape index (κ1) is 11.3. The van der Waals surface area contributed by atoms with Crippen molar-refractivity contribution in [2.75, 3.05) is 0 Å². The molecule has 0 aliphatic heterocycles. The lowest BCUT2D eigenvalue weighted by Gasteiger charge is -2.18. The minimum atomic E-state index is -0.739. The normalized spacial score (nSPS) is 13.9. The topological polar surface area (TPSA) is 66.9 Å². The quantitative estimate of drug-likeness (QED) is 0.809. The molecule has 2 N–H and O–H groups in total. The van der Waals surface area contributed by atoms with Crippen molar-refractivity contribution in [3.63, 3.8) is 0 Å². The number of primary amides is 1. The largest absolute Gasteiger partial charge is 0.369 e. The monoisotopic (exact) mass is 202 g/mol. The second-order valence-electron chi connectivity index (χ2n) is 3.43. The number of amides is 1. The van der Waals surface area contributed by atoms with Crippen LogP contribution in [0.15, 0.2) is 30.3 Å². The van der Waals surface area contributed by atoms with E-state index in [1.54, 1.807) is 0 Å². The second kappa shape index (κ2) is 5.16. The summed E-state index contributed by atoms with van der Waals surface area (Å²) in [6.45, 7) is 1.95. The van der Waals surface area contributed by atoms with Crippen LogP contribution in [0.1, 0.15) is 24.8 Å². The van der Waals surface area contributed by atoms with E-state index in [-0.39, 0.29) is 5.92 Å². The molecule has 78 valence electrons. The molecule has 0 saturated carbocycles. The summed E-state index contributed by atoms with van der Waals surface area (Å²) in [5.74, 6) is -1.39. The van der Waals surface area contributed by atoms with Crippen LogP contribution < -0.4 is 5.73 Å². The summed E-state index contributed by atoms with van der Waals surface area (Å²) in [7, 11) is 0. The molecule has 2 unspecified atom stereocenters. The number of hydrogen-bond donors (Lipinski definition) is 1. The van der Waals surface area contributed by atoms with Crippen molar-refractivity contribution in [3.05, 3.63) is 35.9 Å². The maximum absolute atomic E-state index is 11.1. The summed E-state index contributed by atoms with van der Waals surface area (Å²) in [6, 6.07) is 11.5. The number of carbonyl (C=O) groups excluding carboxylic acids is 1. The lowest BCUT2D eigenvalue weighted by Crippen LogP contribution is -2.27. The van der Waals surface area contributed by atoms with E-state index in [0.29, 0.717) is 0 Å². The SMILES string of the molecule is CCC(c1ccccc1)C(C#N)C(N)=O. The number of nitriles is 1. The number of hydrogen-bond acceptors (Lipinski definition) is 2. The molecule has 0 saturated heterocycles. The van der Waals surface area contributed by atoms with Gasteiger partial charge in [-0.25, -0.2) is 0 Å². The molecule has 3 heteroatoms. The molecule has 0 radical (unpaired) electrons. The molecule has 0 fully saturated rings. The number of nitrogens with two attached hydrogens (primary N) is 1. The molecule has 2 atom stereocenters. The lowest BCUT2D eigenvalue weighted by molar-refractivity contribution is -0.120. The zero-order valence-electron chi connectivity index (χ0n) is 8.68. The van der Waals surface area contributed by atoms with Crippen LogP contribution in [-0.2, 0) is 4.79 Å². The minimum absolute atomic E-state index is 0.103. The standard InChI is InChI=1S/C12H14N2O/c1-2-10(11(8-13)12(14)15)9-6-4-3-5-7-9/h3-7,10-11H,2H2,1H3,(H2,14,15). The highest BCUT2D eigenvalue weighted by atomic mass is 16.1. The zero-order valence-corrected chi connectivity index (χ0v) is 8.68. The molecule has 0 bridgehead atoms. The van der Waals surface area contributed by atoms with Crippen molar-refractivity contribution < 1.29 is 4.79 Å². The van der Waals surface area contributed by atoms with Gasteiger partial charge >= 0.3 is 0 Å². The molecule has 15 heavy (non-hydrogen) atoms. The molecular weight excluding hydrogens is 188 g/mol. The van der Waals surface area contributed by atoms with E-state index in [9.17, 15) is 4.79 Å². The van der Waals surface area contributed by atoms with Gasteiger partial charge in [-0.3, -0.25) is 4.79 Å². The maximum Gasteiger partial charge on any atom is 0.235 e. The Morgan fingerprint density at radius 3 is 2.47 bits per heavy atom. The fourth-order valence-electron chi connectivity index (χ4n) is 1.72. The van der Waals surface area contributed by atoms with E-state index < -0.39 is 11.8 Å². The van der Waals surface area contributed by atoms with Gasteiger partial charge in [0, 0.05) is 5.92 Å². The van der Waals surface area contributed by atoms with Gasteiger partial charge in [0.25, 0.3) is 0 Å². The Labute approximate surface area is 89.5 Å². The van der Waals surface area contributed by atoms with Gasteiger partial charge in [0.05, 0.1) is 6.07 Å². The Hall–Kier alpha value is -1.82. The van der Waals surface area contributed by atoms with Gasteiger partial charge in [-0.2, -0.15) is 5.26 Å². The van der Waals surface area contributed by atoms with Gasteiger partial charge in [-0.05, 0) is 12.0 Å². The highest BCUT2D eigenvalue weighted by Crippen LogP contribution is 2.27. The molecule has 0 aliphatic rings. The maximum atomic E-state index is 11.1. The van der Waals surface area contributed by atoms with Gasteiger partial charge in [0.2, 0.25) is 5.91 Å². The van der Waals surface area contributed by atoms with Crippen LogP contribution in [0, 0.1) is 17.2 Å². The molecule has 1 amide bonds. The summed E-state index contributed by atoms with van der Waals surface area (Å²) >= 11 is 0. The summed E-state index contributed by atoms with van der Waals surface area (Å²) in [6.07, 6.45) is 0.727. The van der Waals surface area contributed by atoms with Gasteiger partial charge < -0.3 is 5.73 Å². The van der Waals surface area contributed by atoms with E-state index in [2.05, 4.69) is 0 Å². The van der Waals surface area contributed by atoms with Gasteiger partial charge in [0.1, 0.15) is 5.92 Å². The van der Waals surface area contributed by atoms with E-state index in [1.807, 2.05) is 43.3 Å². The summed E-state index contributed by atoms with van der Waals surface area (Å²) in [5.41, 5.74) is 6.19. The van der Waals surface area contributed by atoms with E-state index >= 15 is 0 Å². The second-order valence-corrected chi connectivity index (χ2v) is 3.43. The van der Waals surface area contributed by atoms with Crippen LogP contribution >= 0.6 is 0 Å². The van der Waals surface area contributed by atoms with E-state index in [0.717, 1.165) is 12.0 Å².